The molecule has 1 aliphatic carbocycles. The van der Waals surface area contributed by atoms with Gasteiger partial charge in [0.25, 0.3) is 0 Å². The third-order valence-electron chi connectivity index (χ3n) is 4.11. The molecule has 1 saturated carbocycles. The van der Waals surface area contributed by atoms with Crippen LogP contribution in [0.1, 0.15) is 50.2 Å². The van der Waals surface area contributed by atoms with Gasteiger partial charge in [-0.05, 0) is 30.5 Å². The molecule has 0 amide bonds. The van der Waals surface area contributed by atoms with Crippen LogP contribution in [0.3, 0.4) is 0 Å². The van der Waals surface area contributed by atoms with Gasteiger partial charge in [-0.25, -0.2) is 8.78 Å². The summed E-state index contributed by atoms with van der Waals surface area (Å²) in [6.07, 6.45) is 4.76. The van der Waals surface area contributed by atoms with Gasteiger partial charge in [-0.1, -0.05) is 31.7 Å². The molecule has 2 nitrogen and oxygen atoms in total. The van der Waals surface area contributed by atoms with Gasteiger partial charge in [0.2, 0.25) is 0 Å². The zero-order valence-corrected chi connectivity index (χ0v) is 11.2. The topological polar surface area (TPSA) is 29.5 Å². The smallest absolute Gasteiger partial charge is 0.159 e. The first-order valence-electron chi connectivity index (χ1n) is 6.77. The Kier molecular flexibility index (Phi) is 4.53. The van der Waals surface area contributed by atoms with Crippen molar-refractivity contribution < 1.29 is 18.6 Å². The molecule has 1 atom stereocenters. The van der Waals surface area contributed by atoms with Gasteiger partial charge in [-0.2, -0.15) is 0 Å². The maximum atomic E-state index is 13.3. The first-order chi connectivity index (χ1) is 9.09. The van der Waals surface area contributed by atoms with Crippen LogP contribution in [0.25, 0.3) is 0 Å². The third kappa shape index (κ3) is 2.95. The lowest BCUT2D eigenvalue weighted by atomic mass is 9.84. The zero-order chi connectivity index (χ0) is 13.9. The fourth-order valence-corrected chi connectivity index (χ4v) is 2.90. The molecule has 0 spiro atoms. The van der Waals surface area contributed by atoms with Crippen molar-refractivity contribution in [1.82, 2.24) is 0 Å². The summed E-state index contributed by atoms with van der Waals surface area (Å²) < 4.78 is 31.8. The van der Waals surface area contributed by atoms with Crippen molar-refractivity contribution in [3.63, 3.8) is 0 Å². The van der Waals surface area contributed by atoms with Crippen LogP contribution >= 0.6 is 0 Å². The highest BCUT2D eigenvalue weighted by Gasteiger charge is 2.39. The van der Waals surface area contributed by atoms with Crippen molar-refractivity contribution in [3.05, 3.63) is 35.4 Å². The van der Waals surface area contributed by atoms with Gasteiger partial charge in [-0.15, -0.1) is 0 Å². The summed E-state index contributed by atoms with van der Waals surface area (Å²) in [4.78, 5) is 0. The molecule has 1 N–H and O–H groups in total. The van der Waals surface area contributed by atoms with Crippen LogP contribution in [-0.2, 0) is 4.74 Å². The lowest BCUT2D eigenvalue weighted by Crippen LogP contribution is -2.38. The zero-order valence-electron chi connectivity index (χ0n) is 11.2. The molecule has 1 fully saturated rings. The summed E-state index contributed by atoms with van der Waals surface area (Å²) in [6.45, 7) is 0. The van der Waals surface area contributed by atoms with E-state index in [-0.39, 0.29) is 0 Å². The van der Waals surface area contributed by atoms with E-state index in [0.29, 0.717) is 5.56 Å². The van der Waals surface area contributed by atoms with Crippen molar-refractivity contribution in [2.75, 3.05) is 7.11 Å². The molecule has 4 heteroatoms. The number of methoxy groups -OCH3 is 1. The first kappa shape index (κ1) is 14.4. The second-order valence-corrected chi connectivity index (χ2v) is 5.26. The van der Waals surface area contributed by atoms with Gasteiger partial charge in [0.05, 0.1) is 5.60 Å². The fourth-order valence-electron chi connectivity index (χ4n) is 2.90. The fraction of sp³-hybridized carbons (Fsp3) is 0.600. The predicted octanol–water partition coefficient (Wildman–Crippen LogP) is 3.74. The minimum absolute atomic E-state index is 0.377. The van der Waals surface area contributed by atoms with E-state index in [9.17, 15) is 13.9 Å². The Bertz CT molecular complexity index is 426. The van der Waals surface area contributed by atoms with Crippen molar-refractivity contribution >= 4 is 0 Å². The van der Waals surface area contributed by atoms with Crippen LogP contribution in [0.4, 0.5) is 8.78 Å². The Labute approximate surface area is 112 Å². The van der Waals surface area contributed by atoms with Crippen molar-refractivity contribution in [3.8, 4) is 0 Å². The van der Waals surface area contributed by atoms with Crippen LogP contribution in [0.2, 0.25) is 0 Å². The maximum absolute atomic E-state index is 13.3. The van der Waals surface area contributed by atoms with E-state index >= 15 is 0 Å². The van der Waals surface area contributed by atoms with Gasteiger partial charge in [-0.3, -0.25) is 0 Å². The lowest BCUT2D eigenvalue weighted by molar-refractivity contribution is -0.114. The minimum atomic E-state index is -0.934. The van der Waals surface area contributed by atoms with Crippen LogP contribution in [-0.4, -0.2) is 17.8 Å². The maximum Gasteiger partial charge on any atom is 0.159 e. The quantitative estimate of drug-likeness (QED) is 0.848. The highest BCUT2D eigenvalue weighted by molar-refractivity contribution is 5.23. The molecule has 1 aliphatic rings. The Hall–Kier alpha value is -1.00. The summed E-state index contributed by atoms with van der Waals surface area (Å²) in [5, 5.41) is 10.5. The number of hydrogen-bond acceptors (Lipinski definition) is 2. The second-order valence-electron chi connectivity index (χ2n) is 5.26. The molecule has 0 saturated heterocycles. The number of ether oxygens (including phenoxy) is 1. The molecule has 106 valence electrons. The second kappa shape index (κ2) is 5.97. The molecule has 0 bridgehead atoms. The van der Waals surface area contributed by atoms with Crippen molar-refractivity contribution in [1.29, 1.82) is 0 Å². The van der Waals surface area contributed by atoms with E-state index in [1.54, 1.807) is 7.11 Å². The SMILES string of the molecule is COC1(C(O)c2ccc(F)c(F)c2)CCCCCC1. The number of rotatable bonds is 3. The Morgan fingerprint density at radius 2 is 1.74 bits per heavy atom. The summed E-state index contributed by atoms with van der Waals surface area (Å²) in [7, 11) is 1.58. The molecule has 0 radical (unpaired) electrons. The molecular weight excluding hydrogens is 250 g/mol. The van der Waals surface area contributed by atoms with Crippen LogP contribution in [0.5, 0.6) is 0 Å². The predicted molar refractivity (Wildman–Crippen MR) is 68.8 cm³/mol. The van der Waals surface area contributed by atoms with E-state index in [1.165, 1.54) is 6.07 Å². The average molecular weight is 270 g/mol. The standard InChI is InChI=1S/C15H20F2O2/c1-19-15(8-4-2-3-5-9-15)14(18)11-6-7-12(16)13(17)10-11/h6-7,10,14,18H,2-5,8-9H2,1H3. The van der Waals surface area contributed by atoms with Gasteiger partial charge in [0.15, 0.2) is 11.6 Å². The Balaban J connectivity index is 2.28. The number of benzene rings is 1. The highest BCUT2D eigenvalue weighted by Crippen LogP contribution is 2.40. The summed E-state index contributed by atoms with van der Waals surface area (Å²) in [5.41, 5.74) is -0.302. The Morgan fingerprint density at radius 3 is 2.26 bits per heavy atom. The highest BCUT2D eigenvalue weighted by atomic mass is 19.2. The van der Waals surface area contributed by atoms with E-state index in [0.717, 1.165) is 50.7 Å². The van der Waals surface area contributed by atoms with Gasteiger partial charge in [0.1, 0.15) is 6.10 Å². The third-order valence-corrected chi connectivity index (χ3v) is 4.11. The molecule has 1 aromatic carbocycles. The normalized spacial score (nSPS) is 20.8. The number of aliphatic hydroxyl groups excluding tert-OH is 1. The number of hydrogen-bond donors (Lipinski definition) is 1. The van der Waals surface area contributed by atoms with Crippen molar-refractivity contribution in [2.45, 2.75) is 50.2 Å². The van der Waals surface area contributed by atoms with Gasteiger partial charge in [0, 0.05) is 7.11 Å². The average Bonchev–Trinajstić information content (AvgIpc) is 2.67. The lowest BCUT2D eigenvalue weighted by Gasteiger charge is -2.36. The summed E-state index contributed by atoms with van der Waals surface area (Å²) in [5.74, 6) is -1.83. The number of halogens is 2. The Morgan fingerprint density at radius 1 is 1.11 bits per heavy atom. The van der Waals surface area contributed by atoms with E-state index < -0.39 is 23.3 Å². The molecule has 0 aliphatic heterocycles. The number of aliphatic hydroxyl groups is 1. The van der Waals surface area contributed by atoms with Crippen LogP contribution in [0, 0.1) is 11.6 Å². The van der Waals surface area contributed by atoms with Gasteiger partial charge < -0.3 is 9.84 Å². The molecule has 1 unspecified atom stereocenters. The van der Waals surface area contributed by atoms with E-state index in [1.807, 2.05) is 0 Å². The summed E-state index contributed by atoms with van der Waals surface area (Å²) in [6, 6.07) is 3.54. The van der Waals surface area contributed by atoms with E-state index in [4.69, 9.17) is 4.74 Å². The van der Waals surface area contributed by atoms with Crippen LogP contribution < -0.4 is 0 Å². The molecule has 19 heavy (non-hydrogen) atoms. The monoisotopic (exact) mass is 270 g/mol. The van der Waals surface area contributed by atoms with E-state index in [2.05, 4.69) is 0 Å². The first-order valence-corrected chi connectivity index (χ1v) is 6.77. The van der Waals surface area contributed by atoms with Crippen molar-refractivity contribution in [2.24, 2.45) is 0 Å². The van der Waals surface area contributed by atoms with Gasteiger partial charge >= 0.3 is 0 Å². The largest absolute Gasteiger partial charge is 0.385 e. The summed E-state index contributed by atoms with van der Waals surface area (Å²) >= 11 is 0. The van der Waals surface area contributed by atoms with Crippen LogP contribution in [0.15, 0.2) is 18.2 Å². The molecule has 0 aromatic heterocycles. The minimum Gasteiger partial charge on any atom is -0.385 e. The molecule has 1 aromatic rings. The molecular formula is C15H20F2O2. The molecule has 0 heterocycles. The molecule has 2 rings (SSSR count).